The Morgan fingerprint density at radius 2 is 2.21 bits per heavy atom. The molecule has 1 aliphatic rings. The predicted molar refractivity (Wildman–Crippen MR) is 73.6 cm³/mol. The van der Waals surface area contributed by atoms with Gasteiger partial charge >= 0.3 is 0 Å². The maximum atomic E-state index is 12.5. The van der Waals surface area contributed by atoms with E-state index in [9.17, 15) is 4.79 Å². The summed E-state index contributed by atoms with van der Waals surface area (Å²) in [6, 6.07) is 3.89. The van der Waals surface area contributed by atoms with E-state index in [1.807, 2.05) is 26.0 Å². The lowest BCUT2D eigenvalue weighted by molar-refractivity contribution is 0.1000. The van der Waals surface area contributed by atoms with Gasteiger partial charge in [0.05, 0.1) is 11.3 Å². The van der Waals surface area contributed by atoms with E-state index < -0.39 is 0 Å². The van der Waals surface area contributed by atoms with Crippen LogP contribution in [0.25, 0.3) is 6.08 Å². The van der Waals surface area contributed by atoms with Crippen LogP contribution in [-0.4, -0.2) is 22.0 Å². The maximum absolute atomic E-state index is 12.5. The largest absolute Gasteiger partial charge is 0.488 e. The van der Waals surface area contributed by atoms with Gasteiger partial charge in [0.25, 0.3) is 0 Å². The molecule has 4 nitrogen and oxygen atoms in total. The zero-order valence-corrected chi connectivity index (χ0v) is 11.5. The van der Waals surface area contributed by atoms with Gasteiger partial charge in [-0.05, 0) is 48.6 Å². The lowest BCUT2D eigenvalue weighted by Gasteiger charge is -2.21. The summed E-state index contributed by atoms with van der Waals surface area (Å²) in [7, 11) is 0. The van der Waals surface area contributed by atoms with Crippen LogP contribution in [-0.2, 0) is 0 Å². The number of carbonyl (C=O) groups is 1. The molecule has 0 spiro atoms. The molecular formula is C14H12N2O2S. The summed E-state index contributed by atoms with van der Waals surface area (Å²) in [5, 5.41) is 5.72. The minimum absolute atomic E-state index is 0.0149. The van der Waals surface area contributed by atoms with E-state index in [-0.39, 0.29) is 12.4 Å². The number of ketones is 1. The van der Waals surface area contributed by atoms with Gasteiger partial charge in [0.2, 0.25) is 0 Å². The smallest absolute Gasteiger partial charge is 0.196 e. The number of aryl methyl sites for hydroxylation is 2. The standard InChI is InChI=1S/C14H12N2O2S/c1-8-3-9(2)14-12(4-8)13(17)10(6-18-14)5-11-7-19-16-15-11/h3-5,7H,6H2,1-2H3. The maximum Gasteiger partial charge on any atom is 0.196 e. The summed E-state index contributed by atoms with van der Waals surface area (Å²) in [6.07, 6.45) is 1.74. The van der Waals surface area contributed by atoms with Crippen LogP contribution in [0.1, 0.15) is 27.2 Å². The Hall–Kier alpha value is -2.01. The Morgan fingerprint density at radius 3 is 2.95 bits per heavy atom. The monoisotopic (exact) mass is 272 g/mol. The lowest BCUT2D eigenvalue weighted by Crippen LogP contribution is -2.20. The number of fused-ring (bicyclic) bond motifs is 1. The van der Waals surface area contributed by atoms with Crippen LogP contribution < -0.4 is 4.74 Å². The second-order valence-electron chi connectivity index (χ2n) is 4.58. The van der Waals surface area contributed by atoms with Gasteiger partial charge in [0.15, 0.2) is 5.78 Å². The van der Waals surface area contributed by atoms with Gasteiger partial charge in [0, 0.05) is 11.0 Å². The van der Waals surface area contributed by atoms with Crippen LogP contribution in [0, 0.1) is 13.8 Å². The third kappa shape index (κ3) is 2.17. The number of carbonyl (C=O) groups excluding carboxylic acids is 1. The number of nitrogens with zero attached hydrogens (tertiary/aromatic N) is 2. The summed E-state index contributed by atoms with van der Waals surface area (Å²) in [5.41, 5.74) is 4.01. The summed E-state index contributed by atoms with van der Waals surface area (Å²) >= 11 is 1.26. The van der Waals surface area contributed by atoms with Gasteiger partial charge in [-0.25, -0.2) is 0 Å². The Kier molecular flexibility index (Phi) is 2.91. The second-order valence-corrected chi connectivity index (χ2v) is 5.19. The lowest BCUT2D eigenvalue weighted by atomic mass is 9.95. The molecule has 3 rings (SSSR count). The van der Waals surface area contributed by atoms with Crippen molar-refractivity contribution in [2.24, 2.45) is 0 Å². The SMILES string of the molecule is Cc1cc(C)c2c(c1)C(=O)C(=Cc1csnn1)CO2. The van der Waals surface area contributed by atoms with Gasteiger partial charge in [-0.2, -0.15) is 0 Å². The molecule has 19 heavy (non-hydrogen) atoms. The van der Waals surface area contributed by atoms with Gasteiger partial charge in [-0.3, -0.25) is 4.79 Å². The highest BCUT2D eigenvalue weighted by Crippen LogP contribution is 2.32. The zero-order chi connectivity index (χ0) is 13.4. The Morgan fingerprint density at radius 1 is 1.37 bits per heavy atom. The van der Waals surface area contributed by atoms with Crippen molar-refractivity contribution in [3.63, 3.8) is 0 Å². The average Bonchev–Trinajstić information content (AvgIpc) is 2.86. The molecule has 1 aliphatic heterocycles. The normalized spacial score (nSPS) is 16.3. The van der Waals surface area contributed by atoms with E-state index in [2.05, 4.69) is 9.59 Å². The van der Waals surface area contributed by atoms with Gasteiger partial charge < -0.3 is 4.74 Å². The number of aromatic nitrogens is 2. The van der Waals surface area contributed by atoms with E-state index in [1.165, 1.54) is 11.5 Å². The summed E-state index contributed by atoms with van der Waals surface area (Å²) in [4.78, 5) is 12.5. The summed E-state index contributed by atoms with van der Waals surface area (Å²) in [6.45, 7) is 4.22. The number of hydrogen-bond acceptors (Lipinski definition) is 5. The molecule has 0 amide bonds. The summed E-state index contributed by atoms with van der Waals surface area (Å²) in [5.74, 6) is 0.713. The third-order valence-electron chi connectivity index (χ3n) is 3.03. The van der Waals surface area contributed by atoms with Crippen molar-refractivity contribution >= 4 is 23.4 Å². The van der Waals surface area contributed by atoms with Crippen molar-refractivity contribution in [3.8, 4) is 5.75 Å². The fourth-order valence-electron chi connectivity index (χ4n) is 2.22. The molecule has 0 N–H and O–H groups in total. The van der Waals surface area contributed by atoms with Crippen LogP contribution >= 0.6 is 11.5 Å². The molecule has 1 aromatic carbocycles. The number of ether oxygens (including phenoxy) is 1. The highest BCUT2D eigenvalue weighted by Gasteiger charge is 2.25. The number of hydrogen-bond donors (Lipinski definition) is 0. The van der Waals surface area contributed by atoms with Crippen LogP contribution in [0.3, 0.4) is 0 Å². The van der Waals surface area contributed by atoms with Crippen molar-refractivity contribution in [2.45, 2.75) is 13.8 Å². The molecule has 0 aliphatic carbocycles. The molecule has 5 heteroatoms. The molecule has 0 saturated carbocycles. The van der Waals surface area contributed by atoms with E-state index in [0.29, 0.717) is 22.6 Å². The molecule has 0 bridgehead atoms. The highest BCUT2D eigenvalue weighted by atomic mass is 32.1. The number of benzene rings is 1. The average molecular weight is 272 g/mol. The molecule has 0 fully saturated rings. The number of rotatable bonds is 1. The van der Waals surface area contributed by atoms with Crippen molar-refractivity contribution in [2.75, 3.05) is 6.61 Å². The van der Waals surface area contributed by atoms with Gasteiger partial charge in [-0.15, -0.1) is 5.10 Å². The minimum Gasteiger partial charge on any atom is -0.488 e. The van der Waals surface area contributed by atoms with Crippen molar-refractivity contribution in [1.82, 2.24) is 9.59 Å². The van der Waals surface area contributed by atoms with Crippen LogP contribution in [0.2, 0.25) is 0 Å². The quantitative estimate of drug-likeness (QED) is 0.749. The van der Waals surface area contributed by atoms with Crippen LogP contribution in [0.4, 0.5) is 0 Å². The first-order chi connectivity index (χ1) is 9.15. The van der Waals surface area contributed by atoms with E-state index in [1.54, 1.807) is 11.5 Å². The first kappa shape index (κ1) is 12.0. The third-order valence-corrected chi connectivity index (χ3v) is 3.55. The van der Waals surface area contributed by atoms with Crippen LogP contribution in [0.5, 0.6) is 5.75 Å². The highest BCUT2D eigenvalue weighted by molar-refractivity contribution is 7.03. The molecule has 96 valence electrons. The Bertz CT molecular complexity index is 675. The molecule has 2 aromatic rings. The molecular weight excluding hydrogens is 260 g/mol. The molecule has 0 unspecified atom stereocenters. The predicted octanol–water partition coefficient (Wildman–Crippen LogP) is 2.81. The first-order valence-corrected chi connectivity index (χ1v) is 6.75. The van der Waals surface area contributed by atoms with Crippen molar-refractivity contribution < 1.29 is 9.53 Å². The Balaban J connectivity index is 2.05. The van der Waals surface area contributed by atoms with Crippen LogP contribution in [0.15, 0.2) is 23.1 Å². The fraction of sp³-hybridized carbons (Fsp3) is 0.214. The molecule has 0 saturated heterocycles. The first-order valence-electron chi connectivity index (χ1n) is 5.91. The zero-order valence-electron chi connectivity index (χ0n) is 10.6. The second kappa shape index (κ2) is 4.59. The van der Waals surface area contributed by atoms with E-state index in [0.717, 1.165) is 11.1 Å². The minimum atomic E-state index is 0.0149. The van der Waals surface area contributed by atoms with Gasteiger partial charge in [-0.1, -0.05) is 10.6 Å². The molecule has 0 radical (unpaired) electrons. The Labute approximate surface area is 114 Å². The van der Waals surface area contributed by atoms with Crippen molar-refractivity contribution in [3.05, 3.63) is 45.5 Å². The van der Waals surface area contributed by atoms with Gasteiger partial charge in [0.1, 0.15) is 12.4 Å². The molecule has 0 atom stereocenters. The summed E-state index contributed by atoms with van der Waals surface area (Å²) < 4.78 is 9.49. The van der Waals surface area contributed by atoms with E-state index >= 15 is 0 Å². The number of Topliss-reactive ketones (excluding diaryl/α,β-unsaturated/α-hetero) is 1. The molecule has 1 aromatic heterocycles. The van der Waals surface area contributed by atoms with Crippen molar-refractivity contribution in [1.29, 1.82) is 0 Å². The fourth-order valence-corrected chi connectivity index (χ4v) is 2.64. The topological polar surface area (TPSA) is 52.1 Å². The molecule has 2 heterocycles. The van der Waals surface area contributed by atoms with E-state index in [4.69, 9.17) is 4.74 Å².